The summed E-state index contributed by atoms with van der Waals surface area (Å²) in [7, 11) is 0. The van der Waals surface area contributed by atoms with Crippen LogP contribution in [0.1, 0.15) is 24.2 Å². The number of urea groups is 1. The van der Waals surface area contributed by atoms with Crippen molar-refractivity contribution in [3.8, 4) is 6.07 Å². The van der Waals surface area contributed by atoms with Crippen LogP contribution in [0.5, 0.6) is 0 Å². The second-order valence-electron chi connectivity index (χ2n) is 5.61. The van der Waals surface area contributed by atoms with Crippen LogP contribution in [0.4, 0.5) is 10.5 Å². The van der Waals surface area contributed by atoms with Gasteiger partial charge in [0.2, 0.25) is 0 Å². The number of nitrogens with one attached hydrogen (secondary N) is 2. The van der Waals surface area contributed by atoms with Crippen LogP contribution in [0.3, 0.4) is 0 Å². The predicted octanol–water partition coefficient (Wildman–Crippen LogP) is 3.17. The van der Waals surface area contributed by atoms with E-state index in [1.807, 2.05) is 12.1 Å². The van der Waals surface area contributed by atoms with E-state index < -0.39 is 17.5 Å². The molecule has 0 aromatic heterocycles. The van der Waals surface area contributed by atoms with Crippen molar-refractivity contribution in [3.05, 3.63) is 66.2 Å². The number of hydrogen-bond donors (Lipinski definition) is 2. The smallest absolute Gasteiger partial charge is 0.306 e. The first kappa shape index (κ1) is 17.0. The van der Waals surface area contributed by atoms with E-state index in [1.54, 1.807) is 68.4 Å². The molecule has 0 heterocycles. The van der Waals surface area contributed by atoms with Crippen molar-refractivity contribution in [2.24, 2.45) is 0 Å². The molecule has 0 bridgehead atoms. The Hall–Kier alpha value is -3.33. The Kier molecular flexibility index (Phi) is 5.17. The minimum atomic E-state index is -1.23. The molecular formula is C18H18N4O2. The molecule has 0 atom stereocenters. The monoisotopic (exact) mass is 322 g/mol. The first-order valence-electron chi connectivity index (χ1n) is 7.37. The highest BCUT2D eigenvalue weighted by molar-refractivity contribution is 5.97. The second-order valence-corrected chi connectivity index (χ2v) is 5.61. The summed E-state index contributed by atoms with van der Waals surface area (Å²) in [4.78, 5) is 24.9. The number of carbonyl (C=O) groups is 2. The molecule has 3 amide bonds. The zero-order valence-corrected chi connectivity index (χ0v) is 13.5. The summed E-state index contributed by atoms with van der Waals surface area (Å²) in [5.41, 5.74) is 2.23. The summed E-state index contributed by atoms with van der Waals surface area (Å²) in [6.45, 7) is 3.09. The van der Waals surface area contributed by atoms with E-state index in [0.717, 1.165) is 5.01 Å². The van der Waals surface area contributed by atoms with E-state index in [1.165, 1.54) is 0 Å². The molecule has 2 N–H and O–H groups in total. The van der Waals surface area contributed by atoms with Crippen molar-refractivity contribution in [1.82, 2.24) is 10.4 Å². The van der Waals surface area contributed by atoms with Gasteiger partial charge in [-0.05, 0) is 38.1 Å². The standard InChI is InChI=1S/C18H18N4O2/c1-18(2,13-19)22(17(24)20-15-11-7-4-8-12-15)21-16(23)14-9-5-3-6-10-14/h3-12H,1-2H3,(H,20,24)(H,21,23). The molecular weight excluding hydrogens is 304 g/mol. The van der Waals surface area contributed by atoms with Crippen LogP contribution in [0, 0.1) is 11.3 Å². The van der Waals surface area contributed by atoms with Gasteiger partial charge >= 0.3 is 6.03 Å². The van der Waals surface area contributed by atoms with Gasteiger partial charge in [0.25, 0.3) is 5.91 Å². The van der Waals surface area contributed by atoms with Crippen molar-refractivity contribution in [1.29, 1.82) is 5.26 Å². The van der Waals surface area contributed by atoms with E-state index in [0.29, 0.717) is 11.3 Å². The van der Waals surface area contributed by atoms with E-state index in [4.69, 9.17) is 0 Å². The second kappa shape index (κ2) is 7.29. The van der Waals surface area contributed by atoms with Crippen molar-refractivity contribution < 1.29 is 9.59 Å². The average molecular weight is 322 g/mol. The first-order chi connectivity index (χ1) is 11.4. The van der Waals surface area contributed by atoms with Gasteiger partial charge in [0.15, 0.2) is 0 Å². The maximum atomic E-state index is 12.5. The maximum Gasteiger partial charge on any atom is 0.342 e. The molecule has 0 aliphatic carbocycles. The summed E-state index contributed by atoms with van der Waals surface area (Å²) < 4.78 is 0. The van der Waals surface area contributed by atoms with Gasteiger partial charge in [-0.3, -0.25) is 10.2 Å². The van der Waals surface area contributed by atoms with Gasteiger partial charge in [-0.15, -0.1) is 0 Å². The fourth-order valence-corrected chi connectivity index (χ4v) is 1.95. The Bertz CT molecular complexity index is 752. The predicted molar refractivity (Wildman–Crippen MR) is 90.9 cm³/mol. The number of carbonyl (C=O) groups excluding carboxylic acids is 2. The van der Waals surface area contributed by atoms with Crippen molar-refractivity contribution >= 4 is 17.6 Å². The number of benzene rings is 2. The van der Waals surface area contributed by atoms with Crippen LogP contribution >= 0.6 is 0 Å². The summed E-state index contributed by atoms with van der Waals surface area (Å²) in [5, 5.41) is 13.0. The highest BCUT2D eigenvalue weighted by Crippen LogP contribution is 2.14. The molecule has 122 valence electrons. The number of anilines is 1. The molecule has 6 nitrogen and oxygen atoms in total. The number of hydrazine groups is 1. The first-order valence-corrected chi connectivity index (χ1v) is 7.37. The topological polar surface area (TPSA) is 85.2 Å². The number of hydrogen-bond acceptors (Lipinski definition) is 3. The van der Waals surface area contributed by atoms with Crippen LogP contribution in [-0.4, -0.2) is 22.5 Å². The summed E-state index contributed by atoms with van der Waals surface area (Å²) in [6.07, 6.45) is 0. The lowest BCUT2D eigenvalue weighted by Gasteiger charge is -2.32. The third kappa shape index (κ3) is 4.11. The zero-order valence-electron chi connectivity index (χ0n) is 13.5. The van der Waals surface area contributed by atoms with Crippen molar-refractivity contribution in [2.75, 3.05) is 5.32 Å². The quantitative estimate of drug-likeness (QED) is 0.851. The third-order valence-electron chi connectivity index (χ3n) is 3.31. The average Bonchev–Trinajstić information content (AvgIpc) is 2.60. The van der Waals surface area contributed by atoms with Gasteiger partial charge in [0, 0.05) is 11.3 Å². The molecule has 0 saturated heterocycles. The van der Waals surface area contributed by atoms with Gasteiger partial charge in [0.05, 0.1) is 6.07 Å². The van der Waals surface area contributed by atoms with Crippen molar-refractivity contribution in [3.63, 3.8) is 0 Å². The molecule has 0 spiro atoms. The summed E-state index contributed by atoms with van der Waals surface area (Å²) >= 11 is 0. The Labute approximate surface area is 140 Å². The molecule has 2 aromatic rings. The third-order valence-corrected chi connectivity index (χ3v) is 3.31. The number of para-hydroxylation sites is 1. The number of amides is 3. The van der Waals surface area contributed by atoms with Gasteiger partial charge in [-0.2, -0.15) is 5.26 Å². The molecule has 0 unspecified atom stereocenters. The maximum absolute atomic E-state index is 12.5. The van der Waals surface area contributed by atoms with Gasteiger partial charge in [0.1, 0.15) is 5.54 Å². The number of rotatable bonds is 3. The highest BCUT2D eigenvalue weighted by Gasteiger charge is 2.33. The Morgan fingerprint density at radius 3 is 2.08 bits per heavy atom. The zero-order chi connectivity index (χ0) is 17.6. The number of nitrogens with zero attached hydrogens (tertiary/aromatic N) is 2. The normalized spacial score (nSPS) is 10.4. The SMILES string of the molecule is CC(C)(C#N)N(NC(=O)c1ccccc1)C(=O)Nc1ccccc1. The van der Waals surface area contributed by atoms with E-state index in [9.17, 15) is 14.9 Å². The molecule has 0 aliphatic heterocycles. The molecule has 0 fully saturated rings. The van der Waals surface area contributed by atoms with Crippen LogP contribution in [-0.2, 0) is 0 Å². The van der Waals surface area contributed by atoms with Crippen LogP contribution < -0.4 is 10.7 Å². The summed E-state index contributed by atoms with van der Waals surface area (Å²) in [5.74, 6) is -0.470. The minimum absolute atomic E-state index is 0.392. The Balaban J connectivity index is 2.21. The largest absolute Gasteiger partial charge is 0.342 e. The molecule has 0 radical (unpaired) electrons. The van der Waals surface area contributed by atoms with E-state index >= 15 is 0 Å². The summed E-state index contributed by atoms with van der Waals surface area (Å²) in [6, 6.07) is 18.7. The van der Waals surface area contributed by atoms with Crippen LogP contribution in [0.15, 0.2) is 60.7 Å². The Morgan fingerprint density at radius 1 is 1.00 bits per heavy atom. The highest BCUT2D eigenvalue weighted by atomic mass is 16.2. The van der Waals surface area contributed by atoms with E-state index in [2.05, 4.69) is 10.7 Å². The van der Waals surface area contributed by atoms with E-state index in [-0.39, 0.29) is 0 Å². The molecule has 0 saturated carbocycles. The fourth-order valence-electron chi connectivity index (χ4n) is 1.95. The molecule has 0 aliphatic rings. The molecule has 24 heavy (non-hydrogen) atoms. The lowest BCUT2D eigenvalue weighted by atomic mass is 10.1. The van der Waals surface area contributed by atoms with Crippen LogP contribution in [0.25, 0.3) is 0 Å². The molecule has 2 rings (SSSR count). The molecule has 6 heteroatoms. The van der Waals surface area contributed by atoms with Gasteiger partial charge in [-0.25, -0.2) is 9.80 Å². The van der Waals surface area contributed by atoms with Crippen LogP contribution in [0.2, 0.25) is 0 Å². The minimum Gasteiger partial charge on any atom is -0.306 e. The van der Waals surface area contributed by atoms with Gasteiger partial charge < -0.3 is 5.32 Å². The Morgan fingerprint density at radius 2 is 1.54 bits per heavy atom. The fraction of sp³-hybridized carbons (Fsp3) is 0.167. The van der Waals surface area contributed by atoms with Gasteiger partial charge in [-0.1, -0.05) is 36.4 Å². The molecule has 2 aromatic carbocycles. The lowest BCUT2D eigenvalue weighted by Crippen LogP contribution is -2.58. The van der Waals surface area contributed by atoms with Crippen molar-refractivity contribution in [2.45, 2.75) is 19.4 Å². The lowest BCUT2D eigenvalue weighted by molar-refractivity contribution is 0.0740. The number of nitriles is 1.